The van der Waals surface area contributed by atoms with E-state index in [0.29, 0.717) is 37.1 Å². The summed E-state index contributed by atoms with van der Waals surface area (Å²) in [6.45, 7) is 1.18. The van der Waals surface area contributed by atoms with Gasteiger partial charge in [0.25, 0.3) is 17.4 Å². The van der Waals surface area contributed by atoms with Crippen LogP contribution in [0.15, 0.2) is 74.9 Å². The number of furan rings is 1. The van der Waals surface area contributed by atoms with Crippen LogP contribution in [0.25, 0.3) is 10.9 Å². The monoisotopic (exact) mass is 476 g/mol. The van der Waals surface area contributed by atoms with Crippen LogP contribution in [0, 0.1) is 5.82 Å². The molecular formula is C25H21FN4O5. The van der Waals surface area contributed by atoms with E-state index < -0.39 is 17.1 Å². The van der Waals surface area contributed by atoms with Crippen molar-refractivity contribution in [2.24, 2.45) is 0 Å². The SMILES string of the molecule is O=C(c1ccc(F)c(Cn2c(=O)[nH]c(=O)c3ccccc32)c1)N1CCN(C(=O)c2ccco2)CC1. The van der Waals surface area contributed by atoms with Gasteiger partial charge < -0.3 is 14.2 Å². The summed E-state index contributed by atoms with van der Waals surface area (Å²) in [5.41, 5.74) is -0.399. The number of carbonyl (C=O) groups excluding carboxylic acids is 2. The fourth-order valence-electron chi connectivity index (χ4n) is 4.25. The Morgan fingerprint density at radius 1 is 0.914 bits per heavy atom. The molecule has 2 aromatic heterocycles. The van der Waals surface area contributed by atoms with Gasteiger partial charge in [-0.2, -0.15) is 0 Å². The summed E-state index contributed by atoms with van der Waals surface area (Å²) in [6.07, 6.45) is 1.43. The minimum Gasteiger partial charge on any atom is -0.459 e. The lowest BCUT2D eigenvalue weighted by Crippen LogP contribution is -2.50. The summed E-state index contributed by atoms with van der Waals surface area (Å²) in [5.74, 6) is -0.852. The van der Waals surface area contributed by atoms with E-state index in [9.17, 15) is 23.6 Å². The first-order chi connectivity index (χ1) is 16.9. The van der Waals surface area contributed by atoms with Crippen molar-refractivity contribution in [3.05, 3.63) is 104 Å². The van der Waals surface area contributed by atoms with Gasteiger partial charge in [-0.25, -0.2) is 9.18 Å². The third-order valence-corrected chi connectivity index (χ3v) is 6.11. The first-order valence-corrected chi connectivity index (χ1v) is 11.0. The number of nitrogens with one attached hydrogen (secondary N) is 1. The van der Waals surface area contributed by atoms with Crippen LogP contribution in [0.3, 0.4) is 0 Å². The summed E-state index contributed by atoms with van der Waals surface area (Å²) >= 11 is 0. The van der Waals surface area contributed by atoms with E-state index in [0.717, 1.165) is 0 Å². The van der Waals surface area contributed by atoms with Crippen molar-refractivity contribution < 1.29 is 18.4 Å². The number of H-pyrrole nitrogens is 1. The van der Waals surface area contributed by atoms with Gasteiger partial charge in [-0.15, -0.1) is 0 Å². The maximum Gasteiger partial charge on any atom is 0.329 e. The molecule has 9 nitrogen and oxygen atoms in total. The largest absolute Gasteiger partial charge is 0.459 e. The van der Waals surface area contributed by atoms with Crippen LogP contribution < -0.4 is 11.2 Å². The Morgan fingerprint density at radius 3 is 2.34 bits per heavy atom. The summed E-state index contributed by atoms with van der Waals surface area (Å²) in [6, 6.07) is 13.8. The van der Waals surface area contributed by atoms with E-state index in [1.807, 2.05) is 0 Å². The summed E-state index contributed by atoms with van der Waals surface area (Å²) in [5, 5.41) is 0.307. The number of piperazine rings is 1. The molecule has 1 aliphatic rings. The van der Waals surface area contributed by atoms with Crippen LogP contribution in [0.4, 0.5) is 4.39 Å². The van der Waals surface area contributed by atoms with Gasteiger partial charge in [0.2, 0.25) is 0 Å². The number of aromatic nitrogens is 2. The van der Waals surface area contributed by atoms with Gasteiger partial charge in [0.1, 0.15) is 5.82 Å². The van der Waals surface area contributed by atoms with Crippen molar-refractivity contribution in [2.45, 2.75) is 6.54 Å². The van der Waals surface area contributed by atoms with Gasteiger partial charge >= 0.3 is 5.69 Å². The molecule has 2 amide bonds. The van der Waals surface area contributed by atoms with Crippen LogP contribution in [-0.2, 0) is 6.54 Å². The highest BCUT2D eigenvalue weighted by Crippen LogP contribution is 2.17. The molecule has 0 spiro atoms. The fourth-order valence-corrected chi connectivity index (χ4v) is 4.25. The quantitative estimate of drug-likeness (QED) is 0.485. The first-order valence-electron chi connectivity index (χ1n) is 11.0. The number of benzene rings is 2. The Balaban J connectivity index is 1.35. The molecule has 4 aromatic rings. The third-order valence-electron chi connectivity index (χ3n) is 6.11. The molecule has 0 atom stereocenters. The molecule has 1 aliphatic heterocycles. The molecule has 10 heteroatoms. The lowest BCUT2D eigenvalue weighted by atomic mass is 10.1. The Labute approximate surface area is 198 Å². The van der Waals surface area contributed by atoms with E-state index in [1.54, 1.807) is 46.2 Å². The van der Waals surface area contributed by atoms with E-state index in [4.69, 9.17) is 4.42 Å². The van der Waals surface area contributed by atoms with Crippen LogP contribution in [-0.4, -0.2) is 57.3 Å². The Hall–Kier alpha value is -4.47. The molecular weight excluding hydrogens is 455 g/mol. The lowest BCUT2D eigenvalue weighted by Gasteiger charge is -2.34. The molecule has 0 aliphatic carbocycles. The molecule has 1 fully saturated rings. The van der Waals surface area contributed by atoms with E-state index in [-0.39, 0.29) is 35.2 Å². The molecule has 5 rings (SSSR count). The average molecular weight is 476 g/mol. The van der Waals surface area contributed by atoms with Crippen molar-refractivity contribution in [2.75, 3.05) is 26.2 Å². The maximum atomic E-state index is 14.7. The zero-order valence-corrected chi connectivity index (χ0v) is 18.6. The number of hydrogen-bond donors (Lipinski definition) is 1. The number of rotatable bonds is 4. The van der Waals surface area contributed by atoms with E-state index >= 15 is 0 Å². The van der Waals surface area contributed by atoms with Gasteiger partial charge in [-0.05, 0) is 42.5 Å². The number of amides is 2. The standard InChI is InChI=1S/C25H21FN4O5/c26-19-8-7-16(23(32)28-9-11-29(12-10-28)24(33)21-6-3-13-35-21)14-17(19)15-30-20-5-2-1-4-18(20)22(31)27-25(30)34/h1-8,13-14H,9-12,15H2,(H,27,31,34). The maximum absolute atomic E-state index is 14.7. The van der Waals surface area contributed by atoms with Gasteiger partial charge in [0.05, 0.1) is 23.7 Å². The van der Waals surface area contributed by atoms with Crippen LogP contribution >= 0.6 is 0 Å². The van der Waals surface area contributed by atoms with Crippen molar-refractivity contribution in [3.8, 4) is 0 Å². The van der Waals surface area contributed by atoms with Gasteiger partial charge in [0, 0.05) is 37.3 Å². The molecule has 2 aromatic carbocycles. The van der Waals surface area contributed by atoms with Gasteiger partial charge in [-0.3, -0.25) is 23.9 Å². The number of fused-ring (bicyclic) bond motifs is 1. The zero-order valence-electron chi connectivity index (χ0n) is 18.6. The molecule has 35 heavy (non-hydrogen) atoms. The molecule has 3 heterocycles. The number of halogens is 1. The second kappa shape index (κ2) is 9.05. The summed E-state index contributed by atoms with van der Waals surface area (Å²) < 4.78 is 21.1. The zero-order chi connectivity index (χ0) is 24.5. The number of para-hydroxylation sites is 1. The Bertz CT molecular complexity index is 1530. The molecule has 0 saturated carbocycles. The van der Waals surface area contributed by atoms with Crippen LogP contribution in [0.1, 0.15) is 26.5 Å². The Kier molecular flexibility index (Phi) is 5.77. The number of nitrogens with zero attached hydrogens (tertiary/aromatic N) is 3. The normalized spacial score (nSPS) is 13.9. The minimum atomic E-state index is -0.665. The van der Waals surface area contributed by atoms with E-state index in [1.165, 1.54) is 29.0 Å². The Morgan fingerprint density at radius 2 is 1.63 bits per heavy atom. The van der Waals surface area contributed by atoms with E-state index in [2.05, 4.69) is 4.98 Å². The minimum absolute atomic E-state index is 0.141. The predicted molar refractivity (Wildman–Crippen MR) is 125 cm³/mol. The smallest absolute Gasteiger partial charge is 0.329 e. The molecule has 178 valence electrons. The average Bonchev–Trinajstić information content (AvgIpc) is 3.42. The second-order valence-electron chi connectivity index (χ2n) is 8.23. The molecule has 0 radical (unpaired) electrons. The number of hydrogen-bond acceptors (Lipinski definition) is 5. The van der Waals surface area contributed by atoms with Crippen LogP contribution in [0.5, 0.6) is 0 Å². The highest BCUT2D eigenvalue weighted by atomic mass is 19.1. The van der Waals surface area contributed by atoms with Crippen LogP contribution in [0.2, 0.25) is 0 Å². The highest BCUT2D eigenvalue weighted by molar-refractivity contribution is 5.95. The van der Waals surface area contributed by atoms with Crippen molar-refractivity contribution in [3.63, 3.8) is 0 Å². The summed E-state index contributed by atoms with van der Waals surface area (Å²) in [7, 11) is 0. The van der Waals surface area contributed by atoms with Crippen molar-refractivity contribution >= 4 is 22.7 Å². The third kappa shape index (κ3) is 4.25. The second-order valence-corrected chi connectivity index (χ2v) is 8.23. The molecule has 0 unspecified atom stereocenters. The molecule has 0 bridgehead atoms. The first kappa shape index (κ1) is 22.3. The highest BCUT2D eigenvalue weighted by Gasteiger charge is 2.27. The fraction of sp³-hybridized carbons (Fsp3) is 0.200. The number of aromatic amines is 1. The van der Waals surface area contributed by atoms with Gasteiger partial charge in [-0.1, -0.05) is 12.1 Å². The summed E-state index contributed by atoms with van der Waals surface area (Å²) in [4.78, 5) is 55.6. The predicted octanol–water partition coefficient (Wildman–Crippen LogP) is 2.07. The van der Waals surface area contributed by atoms with Crippen molar-refractivity contribution in [1.82, 2.24) is 19.4 Å². The van der Waals surface area contributed by atoms with Gasteiger partial charge in [0.15, 0.2) is 5.76 Å². The topological polar surface area (TPSA) is 109 Å². The lowest BCUT2D eigenvalue weighted by molar-refractivity contribution is 0.0518. The molecule has 1 saturated heterocycles. The molecule has 1 N–H and O–H groups in total. The van der Waals surface area contributed by atoms with Crippen molar-refractivity contribution in [1.29, 1.82) is 0 Å². The number of carbonyl (C=O) groups is 2.